The summed E-state index contributed by atoms with van der Waals surface area (Å²) in [5.41, 5.74) is 0. The summed E-state index contributed by atoms with van der Waals surface area (Å²) in [5.74, 6) is 0.704. The van der Waals surface area contributed by atoms with Crippen molar-refractivity contribution in [2.75, 3.05) is 13.2 Å². The molecule has 0 aromatic rings. The predicted octanol–water partition coefficient (Wildman–Crippen LogP) is 0.638. The minimum absolute atomic E-state index is 0.565. The molecule has 2 aliphatic rings. The van der Waals surface area contributed by atoms with Crippen LogP contribution in [0.15, 0.2) is 24.3 Å². The van der Waals surface area contributed by atoms with Crippen LogP contribution in [-0.4, -0.2) is 19.3 Å². The minimum atomic E-state index is 0.565. The molecular weight excluding hydrogens is 136 g/mol. The van der Waals surface area contributed by atoms with Gasteiger partial charge in [0.1, 0.15) is 0 Å². The summed E-state index contributed by atoms with van der Waals surface area (Å²) < 4.78 is 0. The molecule has 0 aromatic carbocycles. The molecule has 60 valence electrons. The van der Waals surface area contributed by atoms with Crippen LogP contribution < -0.4 is 10.6 Å². The highest BCUT2D eigenvalue weighted by atomic mass is 15.1. The standard InChI is InChI=1S/C9H14N2/c1-2-4-9-8(3-1)5-6-10-7-11-9/h1-4,8-11H,5-7H2. The van der Waals surface area contributed by atoms with Crippen molar-refractivity contribution in [3.8, 4) is 0 Å². The zero-order valence-corrected chi connectivity index (χ0v) is 6.59. The van der Waals surface area contributed by atoms with Gasteiger partial charge in [-0.05, 0) is 18.9 Å². The molecule has 0 spiro atoms. The molecule has 2 unspecified atom stereocenters. The zero-order chi connectivity index (χ0) is 7.52. The highest BCUT2D eigenvalue weighted by molar-refractivity contribution is 5.17. The minimum Gasteiger partial charge on any atom is -0.304 e. The predicted molar refractivity (Wildman–Crippen MR) is 46.2 cm³/mol. The molecule has 1 aliphatic heterocycles. The summed E-state index contributed by atoms with van der Waals surface area (Å²) in [4.78, 5) is 0. The van der Waals surface area contributed by atoms with Gasteiger partial charge in [-0.2, -0.15) is 0 Å². The lowest BCUT2D eigenvalue weighted by Gasteiger charge is -2.21. The van der Waals surface area contributed by atoms with E-state index >= 15 is 0 Å². The van der Waals surface area contributed by atoms with Crippen molar-refractivity contribution in [2.45, 2.75) is 12.5 Å². The molecule has 2 rings (SSSR count). The highest BCUT2D eigenvalue weighted by Gasteiger charge is 2.19. The van der Waals surface area contributed by atoms with E-state index in [1.54, 1.807) is 0 Å². The van der Waals surface area contributed by atoms with Gasteiger partial charge in [0.2, 0.25) is 0 Å². The lowest BCUT2D eigenvalue weighted by Crippen LogP contribution is -2.35. The summed E-state index contributed by atoms with van der Waals surface area (Å²) in [5, 5.41) is 6.76. The van der Waals surface area contributed by atoms with Crippen molar-refractivity contribution in [2.24, 2.45) is 5.92 Å². The Hall–Kier alpha value is -0.600. The molecule has 2 atom stereocenters. The average molecular weight is 150 g/mol. The van der Waals surface area contributed by atoms with Crippen molar-refractivity contribution in [1.29, 1.82) is 0 Å². The third-order valence-corrected chi connectivity index (χ3v) is 2.37. The van der Waals surface area contributed by atoms with Gasteiger partial charge in [-0.1, -0.05) is 24.3 Å². The molecule has 1 heterocycles. The van der Waals surface area contributed by atoms with Crippen LogP contribution in [0, 0.1) is 5.92 Å². The maximum Gasteiger partial charge on any atom is 0.0459 e. The molecule has 1 saturated heterocycles. The summed E-state index contributed by atoms with van der Waals surface area (Å²) >= 11 is 0. The molecular formula is C9H14N2. The summed E-state index contributed by atoms with van der Waals surface area (Å²) in [6, 6.07) is 0.565. The quantitative estimate of drug-likeness (QED) is 0.529. The number of allylic oxidation sites excluding steroid dienone is 2. The molecule has 0 amide bonds. The summed E-state index contributed by atoms with van der Waals surface area (Å²) in [7, 11) is 0. The second-order valence-corrected chi connectivity index (χ2v) is 3.13. The van der Waals surface area contributed by atoms with Crippen molar-refractivity contribution in [3.05, 3.63) is 24.3 Å². The van der Waals surface area contributed by atoms with Crippen LogP contribution in [0.25, 0.3) is 0 Å². The molecule has 0 saturated carbocycles. The monoisotopic (exact) mass is 150 g/mol. The van der Waals surface area contributed by atoms with Crippen LogP contribution in [-0.2, 0) is 0 Å². The molecule has 2 nitrogen and oxygen atoms in total. The highest BCUT2D eigenvalue weighted by Crippen LogP contribution is 2.16. The topological polar surface area (TPSA) is 24.1 Å². The SMILES string of the molecule is C1=CC2CCNCNC2C=C1. The number of nitrogens with one attached hydrogen (secondary N) is 2. The Balaban J connectivity index is 2.07. The Morgan fingerprint density at radius 3 is 3.09 bits per heavy atom. The van der Waals surface area contributed by atoms with Gasteiger partial charge in [-0.15, -0.1) is 0 Å². The van der Waals surface area contributed by atoms with E-state index in [0.29, 0.717) is 12.0 Å². The first kappa shape index (κ1) is 7.07. The smallest absolute Gasteiger partial charge is 0.0459 e. The van der Waals surface area contributed by atoms with Crippen LogP contribution in [0.2, 0.25) is 0 Å². The molecule has 0 bridgehead atoms. The van der Waals surface area contributed by atoms with Crippen LogP contribution >= 0.6 is 0 Å². The molecule has 1 fully saturated rings. The van der Waals surface area contributed by atoms with Gasteiger partial charge in [0, 0.05) is 12.7 Å². The molecule has 2 N–H and O–H groups in total. The van der Waals surface area contributed by atoms with Gasteiger partial charge < -0.3 is 5.32 Å². The fourth-order valence-electron chi connectivity index (χ4n) is 1.70. The van der Waals surface area contributed by atoms with Gasteiger partial charge >= 0.3 is 0 Å². The zero-order valence-electron chi connectivity index (χ0n) is 6.59. The van der Waals surface area contributed by atoms with Crippen molar-refractivity contribution < 1.29 is 0 Å². The van der Waals surface area contributed by atoms with Crippen molar-refractivity contribution in [3.63, 3.8) is 0 Å². The van der Waals surface area contributed by atoms with E-state index in [0.717, 1.165) is 13.2 Å². The first-order valence-corrected chi connectivity index (χ1v) is 4.26. The first-order valence-electron chi connectivity index (χ1n) is 4.26. The lowest BCUT2D eigenvalue weighted by atomic mass is 9.93. The largest absolute Gasteiger partial charge is 0.304 e. The third-order valence-electron chi connectivity index (χ3n) is 2.37. The van der Waals surface area contributed by atoms with Crippen molar-refractivity contribution >= 4 is 0 Å². The lowest BCUT2D eigenvalue weighted by molar-refractivity contribution is 0.494. The first-order chi connectivity index (χ1) is 5.47. The van der Waals surface area contributed by atoms with Gasteiger partial charge in [0.25, 0.3) is 0 Å². The van der Waals surface area contributed by atoms with Gasteiger partial charge in [0.15, 0.2) is 0 Å². The Morgan fingerprint density at radius 1 is 1.18 bits per heavy atom. The Morgan fingerprint density at radius 2 is 2.09 bits per heavy atom. The molecule has 1 aliphatic carbocycles. The Labute approximate surface area is 67.4 Å². The van der Waals surface area contributed by atoms with Crippen LogP contribution in [0.4, 0.5) is 0 Å². The van der Waals surface area contributed by atoms with Crippen molar-refractivity contribution in [1.82, 2.24) is 10.6 Å². The number of hydrogen-bond donors (Lipinski definition) is 2. The Bertz CT molecular complexity index is 164. The number of fused-ring (bicyclic) bond motifs is 1. The van der Waals surface area contributed by atoms with E-state index in [1.165, 1.54) is 6.42 Å². The molecule has 0 radical (unpaired) electrons. The van der Waals surface area contributed by atoms with E-state index in [4.69, 9.17) is 0 Å². The summed E-state index contributed by atoms with van der Waals surface area (Å²) in [6.45, 7) is 2.08. The number of hydrogen-bond acceptors (Lipinski definition) is 2. The fraction of sp³-hybridized carbons (Fsp3) is 0.556. The van der Waals surface area contributed by atoms with E-state index < -0.39 is 0 Å². The van der Waals surface area contributed by atoms with E-state index in [1.807, 2.05) is 0 Å². The van der Waals surface area contributed by atoms with E-state index in [9.17, 15) is 0 Å². The second-order valence-electron chi connectivity index (χ2n) is 3.13. The maximum absolute atomic E-state index is 3.43. The Kier molecular flexibility index (Phi) is 2.06. The van der Waals surface area contributed by atoms with Gasteiger partial charge in [0.05, 0.1) is 0 Å². The normalized spacial score (nSPS) is 36.4. The number of rotatable bonds is 0. The van der Waals surface area contributed by atoms with E-state index in [-0.39, 0.29) is 0 Å². The van der Waals surface area contributed by atoms with Crippen LogP contribution in [0.1, 0.15) is 6.42 Å². The van der Waals surface area contributed by atoms with Crippen LogP contribution in [0.5, 0.6) is 0 Å². The molecule has 11 heavy (non-hydrogen) atoms. The second kappa shape index (κ2) is 3.20. The molecule has 2 heteroatoms. The maximum atomic E-state index is 3.43. The fourth-order valence-corrected chi connectivity index (χ4v) is 1.70. The van der Waals surface area contributed by atoms with Crippen LogP contribution in [0.3, 0.4) is 0 Å². The third kappa shape index (κ3) is 1.52. The summed E-state index contributed by atoms with van der Waals surface area (Å²) in [6.07, 6.45) is 10.1. The van der Waals surface area contributed by atoms with Gasteiger partial charge in [-0.3, -0.25) is 5.32 Å². The van der Waals surface area contributed by atoms with E-state index in [2.05, 4.69) is 34.9 Å². The van der Waals surface area contributed by atoms with Gasteiger partial charge in [-0.25, -0.2) is 0 Å². The average Bonchev–Trinajstić information content (AvgIpc) is 2.28. The molecule has 0 aromatic heterocycles.